The van der Waals surface area contributed by atoms with Gasteiger partial charge in [-0.25, -0.2) is 0 Å². The van der Waals surface area contributed by atoms with Crippen LogP contribution < -0.4 is 18.9 Å². The van der Waals surface area contributed by atoms with E-state index in [-0.39, 0.29) is 23.7 Å². The van der Waals surface area contributed by atoms with Gasteiger partial charge in [0.05, 0.1) is 37.3 Å². The van der Waals surface area contributed by atoms with Crippen molar-refractivity contribution >= 4 is 0 Å². The summed E-state index contributed by atoms with van der Waals surface area (Å²) in [6.45, 7) is 15.5. The Bertz CT molecular complexity index is 1770. The molecule has 0 N–H and O–H groups in total. The Kier molecular flexibility index (Phi) is 13.4. The van der Waals surface area contributed by atoms with Crippen molar-refractivity contribution in [3.63, 3.8) is 0 Å². The molecule has 4 aromatic rings. The molecule has 6 unspecified atom stereocenters. The molecule has 0 amide bonds. The zero-order valence-corrected chi connectivity index (χ0v) is 33.4. The molecule has 0 aromatic heterocycles. The molecule has 5 heteroatoms. The molecule has 4 aromatic carbocycles. The Morgan fingerprint density at radius 3 is 1.22 bits per heavy atom. The molecule has 0 radical (unpaired) electrons. The summed E-state index contributed by atoms with van der Waals surface area (Å²) in [6, 6.07) is 37.4. The molecule has 2 aliphatic rings. The van der Waals surface area contributed by atoms with Gasteiger partial charge < -0.3 is 23.7 Å². The summed E-state index contributed by atoms with van der Waals surface area (Å²) in [7, 11) is 0. The fourth-order valence-corrected chi connectivity index (χ4v) is 8.79. The molecule has 0 fully saturated rings. The first-order valence-electron chi connectivity index (χ1n) is 20.2. The van der Waals surface area contributed by atoms with Crippen LogP contribution in [-0.2, 0) is 15.6 Å². The minimum Gasteiger partial charge on any atom is -0.494 e. The van der Waals surface area contributed by atoms with Gasteiger partial charge in [-0.15, -0.1) is 0 Å². The van der Waals surface area contributed by atoms with Crippen LogP contribution in [0.5, 0.6) is 23.0 Å². The first-order chi connectivity index (χ1) is 26.9. The van der Waals surface area contributed by atoms with Gasteiger partial charge in [0.25, 0.3) is 0 Å². The lowest BCUT2D eigenvalue weighted by Crippen LogP contribution is -2.48. The van der Waals surface area contributed by atoms with Crippen LogP contribution in [0.25, 0.3) is 0 Å². The number of para-hydroxylation sites is 2. The molecule has 6 atom stereocenters. The van der Waals surface area contributed by atoms with Crippen molar-refractivity contribution in [1.82, 2.24) is 0 Å². The monoisotopic (exact) mass is 738 g/mol. The second kappa shape index (κ2) is 18.6. The largest absolute Gasteiger partial charge is 0.494 e. The van der Waals surface area contributed by atoms with Gasteiger partial charge in [0, 0.05) is 11.8 Å². The van der Waals surface area contributed by atoms with E-state index in [0.29, 0.717) is 26.4 Å². The molecule has 55 heavy (non-hydrogen) atoms. The minimum atomic E-state index is -0.489. The van der Waals surface area contributed by atoms with Crippen molar-refractivity contribution in [3.8, 4) is 23.0 Å². The Hall–Kier alpha value is -5.00. The van der Waals surface area contributed by atoms with Crippen LogP contribution in [0.2, 0.25) is 0 Å². The maximum Gasteiger partial charge on any atom is 0.126 e. The molecule has 6 rings (SSSR count). The van der Waals surface area contributed by atoms with Crippen molar-refractivity contribution in [2.75, 3.05) is 26.4 Å². The lowest BCUT2D eigenvalue weighted by atomic mass is 9.59. The highest BCUT2D eigenvalue weighted by Gasteiger charge is 2.51. The van der Waals surface area contributed by atoms with Crippen molar-refractivity contribution < 1.29 is 23.7 Å². The lowest BCUT2D eigenvalue weighted by molar-refractivity contribution is 0.0266. The molecule has 0 heterocycles. The summed E-state index contributed by atoms with van der Waals surface area (Å²) in [5.41, 5.74) is 1.40. The highest BCUT2D eigenvalue weighted by Crippen LogP contribution is 2.52. The average molecular weight is 739 g/mol. The molecular formula is C50H58O5. The van der Waals surface area contributed by atoms with Gasteiger partial charge in [-0.2, -0.15) is 0 Å². The minimum absolute atomic E-state index is 0.00395. The first-order valence-corrected chi connectivity index (χ1v) is 20.2. The Morgan fingerprint density at radius 2 is 0.873 bits per heavy atom. The summed E-state index contributed by atoms with van der Waals surface area (Å²) < 4.78 is 32.6. The molecule has 5 nitrogen and oxygen atoms in total. The second-order valence-corrected chi connectivity index (χ2v) is 14.7. The average Bonchev–Trinajstić information content (AvgIpc) is 3.22. The third-order valence-corrected chi connectivity index (χ3v) is 11.8. The van der Waals surface area contributed by atoms with Crippen LogP contribution in [0.3, 0.4) is 0 Å². The number of allylic oxidation sites excluding steroid dienone is 6. The first kappa shape index (κ1) is 39.7. The summed E-state index contributed by atoms with van der Waals surface area (Å²) in [4.78, 5) is 0. The maximum absolute atomic E-state index is 7.06. The van der Waals surface area contributed by atoms with Crippen LogP contribution in [0.15, 0.2) is 157 Å². The van der Waals surface area contributed by atoms with Gasteiger partial charge in [-0.1, -0.05) is 126 Å². The van der Waals surface area contributed by atoms with Gasteiger partial charge in [0.1, 0.15) is 34.5 Å². The fourth-order valence-electron chi connectivity index (χ4n) is 8.79. The van der Waals surface area contributed by atoms with E-state index in [1.807, 2.05) is 74.5 Å². The summed E-state index contributed by atoms with van der Waals surface area (Å²) in [5, 5.41) is 0. The standard InChI is InChI=1S/C50H58O5/c1-7-37(5)49(39-27-31-43(32-28-39)52-9-3)41(19-17-25-47(49)54-45-21-13-11-14-22-45)35-51-36-42-20-18-26-48(55-46-23-15-12-16-24-46)50(42,38(6)8-2)40-29-33-44(34-30-40)53-10-4/h11-34,37-38,41-42H,7-10,35-36H2,1-6H3. The smallest absolute Gasteiger partial charge is 0.126 e. The molecule has 0 spiro atoms. The van der Waals surface area contributed by atoms with E-state index >= 15 is 0 Å². The highest BCUT2D eigenvalue weighted by molar-refractivity contribution is 5.47. The molecule has 2 aliphatic carbocycles. The number of benzene rings is 4. The van der Waals surface area contributed by atoms with Crippen molar-refractivity contribution in [1.29, 1.82) is 0 Å². The fraction of sp³-hybridized carbons (Fsp3) is 0.360. The second-order valence-electron chi connectivity index (χ2n) is 14.7. The zero-order chi connectivity index (χ0) is 38.7. The van der Waals surface area contributed by atoms with Gasteiger partial charge >= 0.3 is 0 Å². The molecule has 288 valence electrons. The normalized spacial score (nSPS) is 22.9. The van der Waals surface area contributed by atoms with Crippen LogP contribution in [0.1, 0.15) is 65.5 Å². The molecular weight excluding hydrogens is 681 g/mol. The van der Waals surface area contributed by atoms with Crippen LogP contribution >= 0.6 is 0 Å². The van der Waals surface area contributed by atoms with Crippen LogP contribution in [0.4, 0.5) is 0 Å². The van der Waals surface area contributed by atoms with E-state index in [9.17, 15) is 0 Å². The van der Waals surface area contributed by atoms with Gasteiger partial charge in [-0.05, 0) is 97.5 Å². The predicted molar refractivity (Wildman–Crippen MR) is 224 cm³/mol. The number of rotatable bonds is 18. The molecule has 0 aliphatic heterocycles. The Balaban J connectivity index is 1.37. The van der Waals surface area contributed by atoms with E-state index in [0.717, 1.165) is 47.4 Å². The van der Waals surface area contributed by atoms with Gasteiger partial charge in [-0.3, -0.25) is 0 Å². The SMILES string of the molecule is CCOc1ccc(C2(C(C)CC)C(Oc3ccccc3)=CC=CC2COCC2C=CC=C(Oc3ccccc3)C2(c2ccc(OCC)cc2)C(C)CC)cc1. The zero-order valence-electron chi connectivity index (χ0n) is 33.4. The summed E-state index contributed by atoms with van der Waals surface area (Å²) >= 11 is 0. The molecule has 0 saturated carbocycles. The van der Waals surface area contributed by atoms with E-state index in [1.165, 1.54) is 11.1 Å². The highest BCUT2D eigenvalue weighted by atomic mass is 16.5. The van der Waals surface area contributed by atoms with Gasteiger partial charge in [0.15, 0.2) is 0 Å². The Labute approximate surface area is 329 Å². The molecule has 0 bridgehead atoms. The van der Waals surface area contributed by atoms with E-state index in [4.69, 9.17) is 23.7 Å². The third kappa shape index (κ3) is 8.18. The van der Waals surface area contributed by atoms with Crippen molar-refractivity contribution in [2.24, 2.45) is 23.7 Å². The van der Waals surface area contributed by atoms with E-state index in [1.54, 1.807) is 0 Å². The van der Waals surface area contributed by atoms with Crippen molar-refractivity contribution in [2.45, 2.75) is 65.2 Å². The lowest BCUT2D eigenvalue weighted by Gasteiger charge is -2.48. The van der Waals surface area contributed by atoms with Gasteiger partial charge in [0.2, 0.25) is 0 Å². The third-order valence-electron chi connectivity index (χ3n) is 11.8. The van der Waals surface area contributed by atoms with Crippen molar-refractivity contribution in [3.05, 3.63) is 168 Å². The number of ether oxygens (including phenoxy) is 5. The Morgan fingerprint density at radius 1 is 0.491 bits per heavy atom. The summed E-state index contributed by atoms with van der Waals surface area (Å²) in [5.74, 6) is 5.66. The van der Waals surface area contributed by atoms with Crippen LogP contribution in [0, 0.1) is 23.7 Å². The van der Waals surface area contributed by atoms with E-state index in [2.05, 4.69) is 113 Å². The van der Waals surface area contributed by atoms with Crippen LogP contribution in [-0.4, -0.2) is 26.4 Å². The number of hydrogen-bond donors (Lipinski definition) is 0. The van der Waals surface area contributed by atoms with E-state index < -0.39 is 10.8 Å². The summed E-state index contributed by atoms with van der Waals surface area (Å²) in [6.07, 6.45) is 15.1. The quantitative estimate of drug-likeness (QED) is 0.102. The maximum atomic E-state index is 7.06. The number of hydrogen-bond acceptors (Lipinski definition) is 5. The molecule has 0 saturated heterocycles. The topological polar surface area (TPSA) is 46.2 Å². The predicted octanol–water partition coefficient (Wildman–Crippen LogP) is 12.1.